The molecular weight excluding hydrogens is 349 g/mol. The highest BCUT2D eigenvalue weighted by atomic mass is 35.5. The summed E-state index contributed by atoms with van der Waals surface area (Å²) in [6.07, 6.45) is 0.943. The van der Waals surface area contributed by atoms with E-state index in [1.807, 2.05) is 20.9 Å². The first-order valence-electron chi connectivity index (χ1n) is 7.94. The Morgan fingerprint density at radius 3 is 2.42 bits per heavy atom. The smallest absolute Gasteiger partial charge is 0.251 e. The summed E-state index contributed by atoms with van der Waals surface area (Å²) >= 11 is 5.84. The van der Waals surface area contributed by atoms with Gasteiger partial charge in [-0.25, -0.2) is 0 Å². The molecule has 1 heterocycles. The van der Waals surface area contributed by atoms with E-state index in [1.54, 1.807) is 29.2 Å². The van der Waals surface area contributed by atoms with E-state index in [-0.39, 0.29) is 36.2 Å². The van der Waals surface area contributed by atoms with Gasteiger partial charge in [-0.05, 0) is 43.1 Å². The second-order valence-electron chi connectivity index (χ2n) is 6.30. The van der Waals surface area contributed by atoms with Crippen LogP contribution in [0.3, 0.4) is 0 Å². The molecule has 1 fully saturated rings. The molecule has 134 valence electrons. The number of nitrogens with one attached hydrogen (secondary N) is 2. The van der Waals surface area contributed by atoms with Crippen LogP contribution in [0.15, 0.2) is 24.3 Å². The molecule has 0 saturated carbocycles. The van der Waals surface area contributed by atoms with Gasteiger partial charge in [0.05, 0.1) is 0 Å². The van der Waals surface area contributed by atoms with E-state index in [2.05, 4.69) is 10.6 Å². The molecule has 2 atom stereocenters. The summed E-state index contributed by atoms with van der Waals surface area (Å²) in [5.74, 6) is -0.293. The molecule has 2 N–H and O–H groups in total. The number of rotatable bonds is 5. The third-order valence-electron chi connectivity index (χ3n) is 4.26. The average Bonchev–Trinajstić information content (AvgIpc) is 3.05. The lowest BCUT2D eigenvalue weighted by molar-refractivity contribution is -0.134. The molecule has 1 aliphatic rings. The van der Waals surface area contributed by atoms with Crippen molar-refractivity contribution >= 4 is 35.8 Å². The molecule has 0 bridgehead atoms. The highest BCUT2D eigenvalue weighted by molar-refractivity contribution is 6.30. The van der Waals surface area contributed by atoms with Crippen molar-refractivity contribution in [3.63, 3.8) is 0 Å². The molecule has 0 aromatic heterocycles. The van der Waals surface area contributed by atoms with Crippen LogP contribution in [0.2, 0.25) is 5.02 Å². The van der Waals surface area contributed by atoms with Crippen LogP contribution in [0.25, 0.3) is 0 Å². The number of hydrogen-bond donors (Lipinski definition) is 2. The zero-order valence-corrected chi connectivity index (χ0v) is 15.8. The largest absolute Gasteiger partial charge is 0.340 e. The minimum absolute atomic E-state index is 0. The fourth-order valence-electron chi connectivity index (χ4n) is 2.71. The van der Waals surface area contributed by atoms with Crippen LogP contribution in [-0.2, 0) is 4.79 Å². The van der Waals surface area contributed by atoms with Crippen LogP contribution in [-0.4, -0.2) is 48.9 Å². The maximum Gasteiger partial charge on any atom is 0.251 e. The van der Waals surface area contributed by atoms with E-state index in [0.717, 1.165) is 19.5 Å². The van der Waals surface area contributed by atoms with Gasteiger partial charge in [0.2, 0.25) is 5.91 Å². The first-order chi connectivity index (χ1) is 10.9. The lowest BCUT2D eigenvalue weighted by Gasteiger charge is -2.30. The van der Waals surface area contributed by atoms with Crippen molar-refractivity contribution in [1.29, 1.82) is 0 Å². The van der Waals surface area contributed by atoms with Crippen LogP contribution < -0.4 is 10.6 Å². The van der Waals surface area contributed by atoms with E-state index in [9.17, 15) is 9.59 Å². The van der Waals surface area contributed by atoms with Gasteiger partial charge in [0, 0.05) is 30.2 Å². The topological polar surface area (TPSA) is 61.4 Å². The fourth-order valence-corrected chi connectivity index (χ4v) is 2.83. The number of hydrogen-bond acceptors (Lipinski definition) is 3. The number of nitrogens with zero attached hydrogens (tertiary/aromatic N) is 1. The van der Waals surface area contributed by atoms with E-state index < -0.39 is 6.04 Å². The van der Waals surface area contributed by atoms with Crippen LogP contribution in [0.5, 0.6) is 0 Å². The summed E-state index contributed by atoms with van der Waals surface area (Å²) in [5, 5.41) is 6.69. The molecule has 2 unspecified atom stereocenters. The summed E-state index contributed by atoms with van der Waals surface area (Å²) in [5.41, 5.74) is 0.498. The van der Waals surface area contributed by atoms with Crippen molar-refractivity contribution < 1.29 is 9.59 Å². The first kappa shape index (κ1) is 20.7. The molecule has 0 radical (unpaired) electrons. The SMILES string of the molecule is CC(C)C(NC(=O)c1ccc(Cl)cc1)C(=O)N(C)C1CCNC1.Cl. The molecule has 7 heteroatoms. The number of carbonyl (C=O) groups is 2. The number of amides is 2. The summed E-state index contributed by atoms with van der Waals surface area (Å²) in [7, 11) is 1.81. The van der Waals surface area contributed by atoms with Crippen LogP contribution >= 0.6 is 24.0 Å². The van der Waals surface area contributed by atoms with Crippen molar-refractivity contribution in [2.75, 3.05) is 20.1 Å². The average molecular weight is 374 g/mol. The van der Waals surface area contributed by atoms with Crippen LogP contribution in [0.1, 0.15) is 30.6 Å². The van der Waals surface area contributed by atoms with Crippen molar-refractivity contribution in [2.45, 2.75) is 32.4 Å². The van der Waals surface area contributed by atoms with E-state index in [4.69, 9.17) is 11.6 Å². The van der Waals surface area contributed by atoms with Crippen LogP contribution in [0, 0.1) is 5.92 Å². The first-order valence-corrected chi connectivity index (χ1v) is 8.31. The summed E-state index contributed by atoms with van der Waals surface area (Å²) < 4.78 is 0. The highest BCUT2D eigenvalue weighted by Crippen LogP contribution is 2.14. The molecule has 0 aliphatic carbocycles. The maximum absolute atomic E-state index is 12.8. The molecule has 1 aliphatic heterocycles. The quantitative estimate of drug-likeness (QED) is 0.832. The normalized spacial score (nSPS) is 18.0. The Morgan fingerprint density at radius 2 is 1.92 bits per heavy atom. The Kier molecular flexibility index (Phi) is 8.00. The van der Waals surface area contributed by atoms with Gasteiger partial charge in [0.15, 0.2) is 0 Å². The van der Waals surface area contributed by atoms with Crippen molar-refractivity contribution in [3.05, 3.63) is 34.9 Å². The Hall–Kier alpha value is -1.30. The van der Waals surface area contributed by atoms with Gasteiger partial charge in [-0.2, -0.15) is 0 Å². The van der Waals surface area contributed by atoms with Gasteiger partial charge in [-0.1, -0.05) is 25.4 Å². The molecule has 2 rings (SSSR count). The molecular formula is C17H25Cl2N3O2. The monoisotopic (exact) mass is 373 g/mol. The van der Waals surface area contributed by atoms with Gasteiger partial charge in [0.25, 0.3) is 5.91 Å². The zero-order chi connectivity index (χ0) is 17.0. The number of carbonyl (C=O) groups excluding carboxylic acids is 2. The summed E-state index contributed by atoms with van der Waals surface area (Å²) in [6, 6.07) is 6.30. The Balaban J connectivity index is 0.00000288. The standard InChI is InChI=1S/C17H24ClN3O2.ClH/c1-11(2)15(17(23)21(3)14-8-9-19-10-14)20-16(22)12-4-6-13(18)7-5-12;/h4-7,11,14-15,19H,8-10H2,1-3H3,(H,20,22);1H. The van der Waals surface area contributed by atoms with E-state index in [0.29, 0.717) is 10.6 Å². The maximum atomic E-state index is 12.8. The Bertz CT molecular complexity index is 557. The molecule has 24 heavy (non-hydrogen) atoms. The van der Waals surface area contributed by atoms with Gasteiger partial charge in [-0.3, -0.25) is 9.59 Å². The predicted octanol–water partition coefficient (Wildman–Crippen LogP) is 2.34. The van der Waals surface area contributed by atoms with E-state index >= 15 is 0 Å². The zero-order valence-electron chi connectivity index (χ0n) is 14.2. The number of likely N-dealkylation sites (N-methyl/N-ethyl adjacent to an activating group) is 1. The second kappa shape index (κ2) is 9.25. The Labute approximate surface area is 154 Å². The molecule has 5 nitrogen and oxygen atoms in total. The predicted molar refractivity (Wildman–Crippen MR) is 98.8 cm³/mol. The molecule has 1 aromatic rings. The summed E-state index contributed by atoms with van der Waals surface area (Å²) in [4.78, 5) is 26.9. The summed E-state index contributed by atoms with van der Waals surface area (Å²) in [6.45, 7) is 5.60. The third kappa shape index (κ3) is 5.10. The van der Waals surface area contributed by atoms with Gasteiger partial charge < -0.3 is 15.5 Å². The molecule has 0 spiro atoms. The van der Waals surface area contributed by atoms with Crippen molar-refractivity contribution in [2.24, 2.45) is 5.92 Å². The van der Waals surface area contributed by atoms with Gasteiger partial charge in [-0.15, -0.1) is 12.4 Å². The van der Waals surface area contributed by atoms with Crippen molar-refractivity contribution in [3.8, 4) is 0 Å². The number of halogens is 2. The fraction of sp³-hybridized carbons (Fsp3) is 0.529. The van der Waals surface area contributed by atoms with Gasteiger partial charge >= 0.3 is 0 Å². The second-order valence-corrected chi connectivity index (χ2v) is 6.73. The highest BCUT2D eigenvalue weighted by Gasteiger charge is 2.31. The van der Waals surface area contributed by atoms with E-state index in [1.165, 1.54) is 0 Å². The number of benzene rings is 1. The minimum Gasteiger partial charge on any atom is -0.340 e. The Morgan fingerprint density at radius 1 is 1.29 bits per heavy atom. The molecule has 1 aromatic carbocycles. The van der Waals surface area contributed by atoms with Gasteiger partial charge in [0.1, 0.15) is 6.04 Å². The molecule has 1 saturated heterocycles. The van der Waals surface area contributed by atoms with Crippen molar-refractivity contribution in [1.82, 2.24) is 15.5 Å². The lowest BCUT2D eigenvalue weighted by atomic mass is 10.0. The third-order valence-corrected chi connectivity index (χ3v) is 4.51. The van der Waals surface area contributed by atoms with Crippen LogP contribution in [0.4, 0.5) is 0 Å². The molecule has 2 amide bonds. The minimum atomic E-state index is -0.538. The lowest BCUT2D eigenvalue weighted by Crippen LogP contribution is -2.53.